The number of anilines is 3. The number of aryl methyl sites for hydroxylation is 2. The van der Waals surface area contributed by atoms with E-state index in [1.54, 1.807) is 0 Å². The molecule has 3 aliphatic heterocycles. The molecule has 15 nitrogen and oxygen atoms in total. The molecule has 7 aromatic rings. The van der Waals surface area contributed by atoms with E-state index in [1.165, 1.54) is 35.4 Å². The Morgan fingerprint density at radius 2 is 1.63 bits per heavy atom. The van der Waals surface area contributed by atoms with Crippen LogP contribution in [0.2, 0.25) is 0 Å². The highest BCUT2D eigenvalue weighted by molar-refractivity contribution is 7.22. The van der Waals surface area contributed by atoms with Gasteiger partial charge in [-0.3, -0.25) is 34.6 Å². The summed E-state index contributed by atoms with van der Waals surface area (Å²) in [5, 5.41) is 22.4. The maximum Gasteiger partial charge on any atom is 0.355 e. The van der Waals surface area contributed by atoms with Gasteiger partial charge >= 0.3 is 5.97 Å². The Morgan fingerprint density at radius 1 is 0.822 bits per heavy atom. The van der Waals surface area contributed by atoms with Gasteiger partial charge in [-0.25, -0.2) is 14.8 Å². The third-order valence-electron chi connectivity index (χ3n) is 15.7. The van der Waals surface area contributed by atoms with Gasteiger partial charge in [0.05, 0.1) is 33.4 Å². The molecule has 3 N–H and O–H groups in total. The van der Waals surface area contributed by atoms with E-state index in [0.29, 0.717) is 60.3 Å². The third-order valence-corrected chi connectivity index (χ3v) is 16.7. The lowest BCUT2D eigenvalue weighted by Crippen LogP contribution is -2.46. The van der Waals surface area contributed by atoms with Crippen LogP contribution in [0.25, 0.3) is 32.2 Å². The Morgan fingerprint density at radius 3 is 2.42 bits per heavy atom. The first kappa shape index (κ1) is 48.1. The second-order valence-corrected chi connectivity index (χ2v) is 21.2. The summed E-state index contributed by atoms with van der Waals surface area (Å²) < 4.78 is 9.59. The van der Waals surface area contributed by atoms with Crippen molar-refractivity contribution in [2.24, 2.45) is 13.0 Å². The second-order valence-electron chi connectivity index (χ2n) is 20.2. The molecule has 11 rings (SSSR count). The molecule has 1 unspecified atom stereocenters. The first-order chi connectivity index (χ1) is 35.4. The summed E-state index contributed by atoms with van der Waals surface area (Å²) in [6, 6.07) is 27.5. The number of thiazole rings is 1. The summed E-state index contributed by atoms with van der Waals surface area (Å²) in [5.74, 6) is -0.215. The zero-order valence-electron chi connectivity index (χ0n) is 41.7. The number of hydrogen-bond donors (Lipinski definition) is 3. The van der Waals surface area contributed by atoms with Crippen LogP contribution in [-0.4, -0.2) is 98.8 Å². The number of ether oxygens (including phenoxy) is 1. The van der Waals surface area contributed by atoms with Crippen molar-refractivity contribution < 1.29 is 29.0 Å². The summed E-state index contributed by atoms with van der Waals surface area (Å²) in [6.07, 6.45) is 8.23. The van der Waals surface area contributed by atoms with Gasteiger partial charge in [-0.2, -0.15) is 5.10 Å². The van der Waals surface area contributed by atoms with Gasteiger partial charge in [-0.15, -0.1) is 0 Å². The number of carboxylic acid groups (broad SMARTS) is 1. The van der Waals surface area contributed by atoms with Gasteiger partial charge in [-0.1, -0.05) is 47.7 Å². The van der Waals surface area contributed by atoms with E-state index in [1.807, 2.05) is 96.3 Å². The SMILES string of the molecule is Cc1c(OC2CCC(CCCN3CCN(c4ccc5c(C6CCC(=O)NC6=O)nn(C)c5c4C)CC3)CC2)cccc1-c1ccc(N2CCc3cccc(C(=O)Nc4nc5ccccc5s4)c3C2)nc1C(=O)O. The van der Waals surface area contributed by atoms with Gasteiger partial charge in [0.1, 0.15) is 11.6 Å². The topological polar surface area (TPSA) is 175 Å². The molecule has 4 aromatic carbocycles. The normalized spacial score (nSPS) is 19.5. The number of amides is 3. The number of nitrogens with zero attached hydrogens (tertiary/aromatic N) is 7. The van der Waals surface area contributed by atoms with Crippen molar-refractivity contribution in [1.29, 1.82) is 0 Å². The molecule has 6 heterocycles. The predicted molar refractivity (Wildman–Crippen MR) is 285 cm³/mol. The van der Waals surface area contributed by atoms with Crippen LogP contribution in [0.15, 0.2) is 84.9 Å². The summed E-state index contributed by atoms with van der Waals surface area (Å²) >= 11 is 1.44. The number of carbonyl (C=O) groups is 4. The molecule has 1 saturated carbocycles. The summed E-state index contributed by atoms with van der Waals surface area (Å²) in [7, 11) is 1.94. The molecular weight excluding hydrogens is 939 g/mol. The fourth-order valence-corrected chi connectivity index (χ4v) is 12.6. The van der Waals surface area contributed by atoms with Crippen LogP contribution in [0.5, 0.6) is 5.75 Å². The zero-order chi connectivity index (χ0) is 50.3. The van der Waals surface area contributed by atoms with Crippen LogP contribution >= 0.6 is 11.3 Å². The van der Waals surface area contributed by atoms with E-state index >= 15 is 0 Å². The van der Waals surface area contributed by atoms with Crippen molar-refractivity contribution in [3.05, 3.63) is 124 Å². The van der Waals surface area contributed by atoms with E-state index in [0.717, 1.165) is 113 Å². The van der Waals surface area contributed by atoms with Crippen LogP contribution in [0.1, 0.15) is 106 Å². The molecule has 73 heavy (non-hydrogen) atoms. The number of piperazine rings is 1. The highest BCUT2D eigenvalue weighted by Crippen LogP contribution is 2.39. The third kappa shape index (κ3) is 9.77. The fourth-order valence-electron chi connectivity index (χ4n) is 11.8. The number of pyridine rings is 1. The standard InChI is InChI=1S/C57H61N9O6S/c1-34-39(40-21-24-49(59-52(40)56(70)71)66-28-26-37-10-6-12-41(44(37)33-66)54(68)61-57-58-45-13-4-5-15-48(45)73-57)11-7-14-47(34)72-38-18-16-36(17-19-38)9-8-27-64-29-31-65(32-30-64)46-23-20-42-51(62-63(3)53(42)35(46)2)43-22-25-50(67)60-55(43)69/h4-7,10-15,20-21,23-24,36,38,43H,8-9,16-19,22,25-33H2,1-3H3,(H,70,71)(H,58,61,68)(H,60,67,69). The molecule has 1 atom stereocenters. The monoisotopic (exact) mass is 999 g/mol. The minimum absolute atomic E-state index is 0.0194. The van der Waals surface area contributed by atoms with Crippen molar-refractivity contribution >= 4 is 72.8 Å². The molecule has 3 aromatic heterocycles. The molecule has 0 bridgehead atoms. The number of hydrogen-bond acceptors (Lipinski definition) is 12. The Kier molecular flexibility index (Phi) is 13.4. The van der Waals surface area contributed by atoms with Gasteiger partial charge in [0.25, 0.3) is 5.91 Å². The number of para-hydroxylation sites is 1. The summed E-state index contributed by atoms with van der Waals surface area (Å²) in [6.45, 7) is 10.2. The van der Waals surface area contributed by atoms with E-state index in [9.17, 15) is 24.3 Å². The number of benzene rings is 4. The zero-order valence-corrected chi connectivity index (χ0v) is 42.5. The Balaban J connectivity index is 0.667. The van der Waals surface area contributed by atoms with E-state index in [2.05, 4.69) is 44.5 Å². The fraction of sp³-hybridized carbons (Fsp3) is 0.386. The highest BCUT2D eigenvalue weighted by Gasteiger charge is 2.33. The molecule has 0 spiro atoms. The highest BCUT2D eigenvalue weighted by atomic mass is 32.1. The molecule has 2 saturated heterocycles. The summed E-state index contributed by atoms with van der Waals surface area (Å²) in [5.41, 5.74) is 9.76. The minimum atomic E-state index is -1.10. The molecule has 3 fully saturated rings. The minimum Gasteiger partial charge on any atom is -0.490 e. The van der Waals surface area contributed by atoms with Crippen molar-refractivity contribution in [3.63, 3.8) is 0 Å². The molecular formula is C57H61N9O6S. The van der Waals surface area contributed by atoms with Gasteiger partial charge in [0, 0.05) is 74.9 Å². The quantitative estimate of drug-likeness (QED) is 0.0936. The van der Waals surface area contributed by atoms with Crippen molar-refractivity contribution in [3.8, 4) is 16.9 Å². The van der Waals surface area contributed by atoms with Crippen LogP contribution < -0.4 is 25.2 Å². The average molecular weight is 1000 g/mol. The molecule has 4 aliphatic rings. The van der Waals surface area contributed by atoms with Gasteiger partial charge in [0.15, 0.2) is 10.8 Å². The number of piperidine rings is 1. The van der Waals surface area contributed by atoms with Crippen LogP contribution in [-0.2, 0) is 29.6 Å². The Hall–Kier alpha value is -7.17. The number of rotatable bonds is 13. The number of carbonyl (C=O) groups excluding carboxylic acids is 3. The molecule has 3 amide bonds. The van der Waals surface area contributed by atoms with Crippen molar-refractivity contribution in [2.75, 3.05) is 54.4 Å². The smallest absolute Gasteiger partial charge is 0.355 e. The maximum atomic E-state index is 13.7. The summed E-state index contributed by atoms with van der Waals surface area (Å²) in [4.78, 5) is 67.5. The maximum absolute atomic E-state index is 13.7. The number of carboxylic acids is 1. The van der Waals surface area contributed by atoms with Crippen LogP contribution in [0.4, 0.5) is 16.6 Å². The number of fused-ring (bicyclic) bond motifs is 3. The largest absolute Gasteiger partial charge is 0.490 e. The number of nitrogens with one attached hydrogen (secondary N) is 2. The Labute approximate surface area is 428 Å². The lowest BCUT2D eigenvalue weighted by atomic mass is 9.84. The number of imide groups is 1. The number of aromatic carboxylic acids is 1. The van der Waals surface area contributed by atoms with Crippen LogP contribution in [0, 0.1) is 19.8 Å². The molecule has 376 valence electrons. The number of aromatic nitrogens is 4. The first-order valence-corrected chi connectivity index (χ1v) is 26.6. The van der Waals surface area contributed by atoms with Gasteiger partial charge < -0.3 is 19.6 Å². The second kappa shape index (κ2) is 20.4. The molecule has 1 aliphatic carbocycles. The molecule has 0 radical (unpaired) electrons. The van der Waals surface area contributed by atoms with Crippen LogP contribution in [0.3, 0.4) is 0 Å². The van der Waals surface area contributed by atoms with E-state index in [4.69, 9.17) is 14.8 Å². The van der Waals surface area contributed by atoms with Crippen molar-refractivity contribution in [1.82, 2.24) is 30.0 Å². The van der Waals surface area contributed by atoms with E-state index in [-0.39, 0.29) is 29.5 Å². The Bertz CT molecular complexity index is 3240. The lowest BCUT2D eigenvalue weighted by Gasteiger charge is -2.37. The first-order valence-electron chi connectivity index (χ1n) is 25.8. The van der Waals surface area contributed by atoms with Gasteiger partial charge in [0.2, 0.25) is 11.8 Å². The van der Waals surface area contributed by atoms with Gasteiger partial charge in [-0.05, 0) is 154 Å². The molecule has 16 heteroatoms. The van der Waals surface area contributed by atoms with E-state index < -0.39 is 11.9 Å². The predicted octanol–water partition coefficient (Wildman–Crippen LogP) is 9.44. The average Bonchev–Trinajstić information content (AvgIpc) is 3.97. The lowest BCUT2D eigenvalue weighted by molar-refractivity contribution is -0.134. The van der Waals surface area contributed by atoms with Crippen molar-refractivity contribution in [2.45, 2.75) is 90.2 Å².